The molecule has 1 aliphatic heterocycles. The highest BCUT2D eigenvalue weighted by Gasteiger charge is 2.30. The normalized spacial score (nSPS) is 21.5. The minimum absolute atomic E-state index is 0.0263. The zero-order valence-corrected chi connectivity index (χ0v) is 12.7. The van der Waals surface area contributed by atoms with Crippen LogP contribution in [-0.2, 0) is 11.2 Å². The fourth-order valence-electron chi connectivity index (χ4n) is 3.44. The van der Waals surface area contributed by atoms with E-state index >= 15 is 0 Å². The van der Waals surface area contributed by atoms with Gasteiger partial charge in [-0.2, -0.15) is 0 Å². The van der Waals surface area contributed by atoms with Crippen LogP contribution in [0.3, 0.4) is 0 Å². The monoisotopic (exact) mass is 309 g/mol. The predicted molar refractivity (Wildman–Crippen MR) is 81.0 cm³/mol. The molecule has 0 aromatic heterocycles. The Morgan fingerprint density at radius 1 is 1.38 bits per heavy atom. The molecule has 1 fully saturated rings. The van der Waals surface area contributed by atoms with Crippen molar-refractivity contribution in [1.82, 2.24) is 4.90 Å². The fraction of sp³-hybridized carbons (Fsp3) is 0.562. The van der Waals surface area contributed by atoms with Crippen molar-refractivity contribution < 1.29 is 14.6 Å². The molecule has 0 saturated heterocycles. The Morgan fingerprint density at radius 2 is 2.14 bits per heavy atom. The van der Waals surface area contributed by atoms with Gasteiger partial charge in [0, 0.05) is 24.0 Å². The third-order valence-electron chi connectivity index (χ3n) is 4.38. The van der Waals surface area contributed by atoms with Crippen LogP contribution in [0.4, 0.5) is 0 Å². The first-order chi connectivity index (χ1) is 10.1. The van der Waals surface area contributed by atoms with Crippen molar-refractivity contribution in [3.8, 4) is 5.75 Å². The smallest absolute Gasteiger partial charge is 0.317 e. The van der Waals surface area contributed by atoms with Gasteiger partial charge in [-0.25, -0.2) is 0 Å². The molecule has 1 N–H and O–H groups in total. The maximum absolute atomic E-state index is 11.1. The Labute approximate surface area is 129 Å². The first-order valence-electron chi connectivity index (χ1n) is 7.53. The van der Waals surface area contributed by atoms with Gasteiger partial charge in [-0.05, 0) is 36.6 Å². The van der Waals surface area contributed by atoms with Crippen LogP contribution in [0.1, 0.15) is 31.2 Å². The molecule has 21 heavy (non-hydrogen) atoms. The Balaban J connectivity index is 1.65. The molecule has 0 spiro atoms. The maximum Gasteiger partial charge on any atom is 0.317 e. The number of nitrogens with zero attached hydrogens (tertiary/aromatic N) is 1. The van der Waals surface area contributed by atoms with E-state index in [4.69, 9.17) is 21.4 Å². The third-order valence-corrected chi connectivity index (χ3v) is 4.62. The maximum atomic E-state index is 11.1. The van der Waals surface area contributed by atoms with Gasteiger partial charge in [0.2, 0.25) is 0 Å². The standard InChI is InChI=1S/C16H20ClNO3/c17-12-5-6-15-11(7-12)8-14(21-15)9-18(10-16(19)20)13-3-1-2-4-13/h5-7,13-14H,1-4,8-10H2,(H,19,20). The van der Waals surface area contributed by atoms with Crippen LogP contribution in [-0.4, -0.2) is 41.2 Å². The van der Waals surface area contributed by atoms with Gasteiger partial charge in [0.05, 0.1) is 6.54 Å². The van der Waals surface area contributed by atoms with E-state index in [0.29, 0.717) is 12.6 Å². The van der Waals surface area contributed by atoms with Crippen LogP contribution >= 0.6 is 11.6 Å². The predicted octanol–water partition coefficient (Wildman–Crippen LogP) is 2.97. The summed E-state index contributed by atoms with van der Waals surface area (Å²) in [5.41, 5.74) is 1.12. The topological polar surface area (TPSA) is 49.8 Å². The van der Waals surface area contributed by atoms with E-state index in [0.717, 1.165) is 35.6 Å². The molecule has 1 aliphatic carbocycles. The molecule has 1 saturated carbocycles. The largest absolute Gasteiger partial charge is 0.488 e. The average Bonchev–Trinajstić information content (AvgIpc) is 3.05. The molecule has 4 nitrogen and oxygen atoms in total. The molecule has 0 bridgehead atoms. The van der Waals surface area contributed by atoms with Crippen LogP contribution in [0, 0.1) is 0 Å². The number of hydrogen-bond acceptors (Lipinski definition) is 3. The summed E-state index contributed by atoms with van der Waals surface area (Å²) in [5.74, 6) is 0.117. The van der Waals surface area contributed by atoms with E-state index in [9.17, 15) is 4.79 Å². The summed E-state index contributed by atoms with van der Waals surface area (Å²) in [6.45, 7) is 0.769. The molecule has 0 amide bonds. The summed E-state index contributed by atoms with van der Waals surface area (Å²) in [4.78, 5) is 13.2. The number of fused-ring (bicyclic) bond motifs is 1. The van der Waals surface area contributed by atoms with Crippen LogP contribution in [0.25, 0.3) is 0 Å². The number of aliphatic carboxylic acids is 1. The molecule has 1 aromatic carbocycles. The molecular formula is C16H20ClNO3. The van der Waals surface area contributed by atoms with Crippen LogP contribution in [0.5, 0.6) is 5.75 Å². The van der Waals surface area contributed by atoms with Gasteiger partial charge < -0.3 is 9.84 Å². The minimum atomic E-state index is -0.763. The summed E-state index contributed by atoms with van der Waals surface area (Å²) < 4.78 is 5.94. The molecule has 2 aliphatic rings. The lowest BCUT2D eigenvalue weighted by Crippen LogP contribution is -2.43. The van der Waals surface area contributed by atoms with Crippen molar-refractivity contribution >= 4 is 17.6 Å². The molecule has 1 atom stereocenters. The lowest BCUT2D eigenvalue weighted by Gasteiger charge is -2.29. The number of halogens is 1. The second kappa shape index (κ2) is 6.24. The van der Waals surface area contributed by atoms with E-state index in [1.165, 1.54) is 12.8 Å². The van der Waals surface area contributed by atoms with Crippen molar-refractivity contribution in [2.45, 2.75) is 44.2 Å². The summed E-state index contributed by atoms with van der Waals surface area (Å²) in [6, 6.07) is 6.05. The first-order valence-corrected chi connectivity index (χ1v) is 7.90. The number of carboxylic acid groups (broad SMARTS) is 1. The van der Waals surface area contributed by atoms with Crippen molar-refractivity contribution in [3.63, 3.8) is 0 Å². The van der Waals surface area contributed by atoms with Crippen molar-refractivity contribution in [3.05, 3.63) is 28.8 Å². The summed E-state index contributed by atoms with van der Waals surface area (Å²) >= 11 is 6.01. The summed E-state index contributed by atoms with van der Waals surface area (Å²) in [7, 11) is 0. The molecule has 5 heteroatoms. The van der Waals surface area contributed by atoms with Crippen LogP contribution < -0.4 is 4.74 Å². The summed E-state index contributed by atoms with van der Waals surface area (Å²) in [6.07, 6.45) is 5.42. The Kier molecular flexibility index (Phi) is 4.36. The Hall–Kier alpha value is -1.26. The zero-order valence-electron chi connectivity index (χ0n) is 11.9. The lowest BCUT2D eigenvalue weighted by molar-refractivity contribution is -0.139. The van der Waals surface area contributed by atoms with Gasteiger partial charge in [-0.3, -0.25) is 9.69 Å². The van der Waals surface area contributed by atoms with E-state index in [2.05, 4.69) is 4.90 Å². The molecule has 3 rings (SSSR count). The number of carbonyl (C=O) groups is 1. The molecule has 1 unspecified atom stereocenters. The molecular weight excluding hydrogens is 290 g/mol. The molecule has 114 valence electrons. The first kappa shape index (κ1) is 14.7. The zero-order chi connectivity index (χ0) is 14.8. The highest BCUT2D eigenvalue weighted by atomic mass is 35.5. The molecule has 1 aromatic rings. The second-order valence-corrected chi connectivity index (χ2v) is 6.39. The molecule has 1 heterocycles. The van der Waals surface area contributed by atoms with Crippen molar-refractivity contribution in [2.75, 3.05) is 13.1 Å². The summed E-state index contributed by atoms with van der Waals surface area (Å²) in [5, 5.41) is 9.85. The number of carboxylic acids is 1. The SMILES string of the molecule is O=C(O)CN(CC1Cc2cc(Cl)ccc2O1)C1CCCC1. The second-order valence-electron chi connectivity index (χ2n) is 5.96. The molecule has 0 radical (unpaired) electrons. The van der Waals surface area contributed by atoms with E-state index in [1.54, 1.807) is 0 Å². The van der Waals surface area contributed by atoms with Gasteiger partial charge in [-0.1, -0.05) is 24.4 Å². The van der Waals surface area contributed by atoms with Crippen LogP contribution in [0.2, 0.25) is 5.02 Å². The minimum Gasteiger partial charge on any atom is -0.488 e. The van der Waals surface area contributed by atoms with Gasteiger partial charge >= 0.3 is 5.97 Å². The van der Waals surface area contributed by atoms with Gasteiger partial charge in [-0.15, -0.1) is 0 Å². The fourth-order valence-corrected chi connectivity index (χ4v) is 3.63. The number of rotatable bonds is 5. The van der Waals surface area contributed by atoms with Crippen molar-refractivity contribution in [1.29, 1.82) is 0 Å². The van der Waals surface area contributed by atoms with Crippen LogP contribution in [0.15, 0.2) is 18.2 Å². The number of ether oxygens (including phenoxy) is 1. The lowest BCUT2D eigenvalue weighted by atomic mass is 10.1. The van der Waals surface area contributed by atoms with Gasteiger partial charge in [0.1, 0.15) is 11.9 Å². The third kappa shape index (κ3) is 3.50. The number of hydrogen-bond donors (Lipinski definition) is 1. The van der Waals surface area contributed by atoms with E-state index in [-0.39, 0.29) is 12.6 Å². The van der Waals surface area contributed by atoms with Crippen molar-refractivity contribution in [2.24, 2.45) is 0 Å². The average molecular weight is 310 g/mol. The van der Waals surface area contributed by atoms with Gasteiger partial charge in [0.25, 0.3) is 0 Å². The Bertz CT molecular complexity index is 528. The quantitative estimate of drug-likeness (QED) is 0.908. The Morgan fingerprint density at radius 3 is 2.86 bits per heavy atom. The number of benzene rings is 1. The highest BCUT2D eigenvalue weighted by Crippen LogP contribution is 2.32. The van der Waals surface area contributed by atoms with Gasteiger partial charge in [0.15, 0.2) is 0 Å². The van der Waals surface area contributed by atoms with E-state index < -0.39 is 5.97 Å². The van der Waals surface area contributed by atoms with E-state index in [1.807, 2.05) is 18.2 Å². The highest BCUT2D eigenvalue weighted by molar-refractivity contribution is 6.30.